The Hall–Kier alpha value is -2.39. The van der Waals surface area contributed by atoms with Gasteiger partial charge in [0.05, 0.1) is 19.2 Å². The molecule has 3 atom stereocenters. The molecule has 2 aliphatic heterocycles. The third-order valence-corrected chi connectivity index (χ3v) is 4.91. The van der Waals surface area contributed by atoms with E-state index >= 15 is 0 Å². The van der Waals surface area contributed by atoms with Gasteiger partial charge in [0, 0.05) is 6.42 Å². The largest absolute Gasteiger partial charge is 0.418 e. The third-order valence-electron chi connectivity index (χ3n) is 4.56. The predicted octanol–water partition coefficient (Wildman–Crippen LogP) is -0.0176. The molecule has 3 unspecified atom stereocenters. The Kier molecular flexibility index (Phi) is 5.73. The summed E-state index contributed by atoms with van der Waals surface area (Å²) in [5.74, 6) is -4.69. The Morgan fingerprint density at radius 3 is 2.66 bits per heavy atom. The average molecular weight is 436 g/mol. The maximum Gasteiger partial charge on any atom is 0.418 e. The number of rotatable bonds is 7. The highest BCUT2D eigenvalue weighted by molar-refractivity contribution is 7.80. The van der Waals surface area contributed by atoms with E-state index in [1.807, 2.05) is 5.48 Å². The molecule has 1 aromatic rings. The number of benzene rings is 1. The number of hydroxylamine groups is 3. The first-order valence-electron chi connectivity index (χ1n) is 8.36. The van der Waals surface area contributed by atoms with Gasteiger partial charge in [-0.25, -0.2) is 19.1 Å². The number of nitrogens with one attached hydrogen (secondary N) is 1. The monoisotopic (exact) mass is 436 g/mol. The van der Waals surface area contributed by atoms with Gasteiger partial charge in [0.25, 0.3) is 11.8 Å². The molecular weight excluding hydrogens is 418 g/mol. The average Bonchev–Trinajstić information content (AvgIpc) is 2.92. The van der Waals surface area contributed by atoms with Crippen molar-refractivity contribution in [1.29, 1.82) is 0 Å². The zero-order chi connectivity index (χ0) is 21.4. The number of alkyl halides is 2. The molecule has 2 fully saturated rings. The van der Waals surface area contributed by atoms with Crippen molar-refractivity contribution in [2.75, 3.05) is 13.2 Å². The number of nitrogens with two attached hydrogens (primary N) is 1. The summed E-state index contributed by atoms with van der Waals surface area (Å²) < 4.78 is 63.1. The van der Waals surface area contributed by atoms with E-state index in [0.29, 0.717) is 4.90 Å². The van der Waals surface area contributed by atoms with E-state index in [0.717, 1.165) is 5.56 Å². The fraction of sp³-hybridized carbons (Fsp3) is 0.467. The summed E-state index contributed by atoms with van der Waals surface area (Å²) >= 11 is 0. The minimum atomic E-state index is -5.21. The van der Waals surface area contributed by atoms with Crippen LogP contribution in [0.15, 0.2) is 30.3 Å². The number of carbonyl (C=O) groups excluding carboxylic acids is 2. The van der Waals surface area contributed by atoms with Crippen LogP contribution in [0.4, 0.5) is 13.6 Å². The van der Waals surface area contributed by atoms with Crippen LogP contribution in [0.25, 0.3) is 0 Å². The van der Waals surface area contributed by atoms with Crippen molar-refractivity contribution < 1.29 is 40.5 Å². The first-order valence-corrected chi connectivity index (χ1v) is 9.73. The fourth-order valence-corrected chi connectivity index (χ4v) is 3.53. The predicted molar refractivity (Wildman–Crippen MR) is 91.2 cm³/mol. The van der Waals surface area contributed by atoms with Gasteiger partial charge in [0.2, 0.25) is 0 Å². The van der Waals surface area contributed by atoms with Crippen molar-refractivity contribution in [2.45, 2.75) is 30.5 Å². The Balaban J connectivity index is 1.63. The number of fused-ring (bicyclic) bond motifs is 2. The number of nitrogens with zero attached hydrogens (tertiary/aromatic N) is 2. The van der Waals surface area contributed by atoms with Gasteiger partial charge in [0.1, 0.15) is 12.1 Å². The molecule has 2 bridgehead atoms. The second-order valence-electron chi connectivity index (χ2n) is 6.55. The quantitative estimate of drug-likeness (QED) is 0.399. The second-order valence-corrected chi connectivity index (χ2v) is 7.56. The first-order chi connectivity index (χ1) is 13.5. The van der Waals surface area contributed by atoms with Crippen molar-refractivity contribution in [1.82, 2.24) is 15.4 Å². The molecule has 0 spiro atoms. The van der Waals surface area contributed by atoms with Crippen molar-refractivity contribution in [3.8, 4) is 0 Å². The van der Waals surface area contributed by atoms with Gasteiger partial charge in [-0.15, -0.1) is 4.28 Å². The molecule has 4 N–H and O–H groups in total. The second kappa shape index (κ2) is 7.79. The van der Waals surface area contributed by atoms with Crippen molar-refractivity contribution in [2.24, 2.45) is 5.73 Å². The number of hydrogen-bond donors (Lipinski definition) is 3. The maximum atomic E-state index is 14.4. The van der Waals surface area contributed by atoms with Gasteiger partial charge in [-0.2, -0.15) is 13.5 Å². The molecule has 160 valence electrons. The Morgan fingerprint density at radius 1 is 1.38 bits per heavy atom. The van der Waals surface area contributed by atoms with Gasteiger partial charge in [0.15, 0.2) is 0 Å². The van der Waals surface area contributed by atoms with Crippen LogP contribution in [0, 0.1) is 0 Å². The van der Waals surface area contributed by atoms with E-state index in [9.17, 15) is 26.8 Å². The van der Waals surface area contributed by atoms with Crippen LogP contribution in [0.3, 0.4) is 0 Å². The normalized spacial score (nSPS) is 24.5. The fourth-order valence-electron chi connectivity index (χ4n) is 3.15. The lowest BCUT2D eigenvalue weighted by Crippen LogP contribution is -2.56. The molecule has 2 heterocycles. The molecule has 11 nitrogen and oxygen atoms in total. The van der Waals surface area contributed by atoms with Gasteiger partial charge in [-0.3, -0.25) is 14.2 Å². The molecule has 0 aliphatic carbocycles. The molecular formula is C15H18F2N4O7S. The molecule has 1 aromatic carbocycles. The summed E-state index contributed by atoms with van der Waals surface area (Å²) in [4.78, 5) is 30.2. The standard InChI is InChI=1S/C15H18F2N4O7S/c16-15(17)6-11(20-7-12(15)21(14(20)23)28-29(24,25)26)13(22)19-27-8-10(18)9-4-2-1-3-5-9/h1-5,10-12H,6-8,18H2,(H,19,22)(H,24,25,26). The number of carbonyl (C=O) groups is 2. The lowest BCUT2D eigenvalue weighted by atomic mass is 9.96. The van der Waals surface area contributed by atoms with E-state index in [4.69, 9.17) is 15.1 Å². The number of urea groups is 1. The van der Waals surface area contributed by atoms with Crippen LogP contribution >= 0.6 is 0 Å². The summed E-state index contributed by atoms with van der Waals surface area (Å²) in [6.07, 6.45) is -1.09. The molecule has 3 rings (SSSR count). The van der Waals surface area contributed by atoms with Crippen LogP contribution < -0.4 is 11.2 Å². The minimum Gasteiger partial charge on any atom is -0.322 e. The molecule has 14 heteroatoms. The maximum absolute atomic E-state index is 14.4. The molecule has 0 saturated carbocycles. The minimum absolute atomic E-state index is 0.144. The molecule has 0 aromatic heterocycles. The molecule has 3 amide bonds. The van der Waals surface area contributed by atoms with Gasteiger partial charge >= 0.3 is 16.4 Å². The number of amides is 3. The van der Waals surface area contributed by atoms with Crippen LogP contribution in [0.5, 0.6) is 0 Å². The lowest BCUT2D eigenvalue weighted by Gasteiger charge is -2.34. The number of piperidine rings is 1. The summed E-state index contributed by atoms with van der Waals surface area (Å²) in [5, 5.41) is -0.144. The first kappa shape index (κ1) is 21.3. The summed E-state index contributed by atoms with van der Waals surface area (Å²) in [6, 6.07) is 3.27. The van der Waals surface area contributed by atoms with E-state index in [2.05, 4.69) is 4.28 Å². The topological polar surface area (TPSA) is 151 Å². The zero-order valence-electron chi connectivity index (χ0n) is 14.8. The Labute approximate surface area is 164 Å². The van der Waals surface area contributed by atoms with Crippen LogP contribution in [-0.2, 0) is 24.3 Å². The zero-order valence-corrected chi connectivity index (χ0v) is 15.6. The third kappa shape index (κ3) is 4.62. The number of hydrogen-bond acceptors (Lipinski definition) is 7. The van der Waals surface area contributed by atoms with Gasteiger partial charge in [-0.05, 0) is 5.56 Å². The highest BCUT2D eigenvalue weighted by Crippen LogP contribution is 2.41. The van der Waals surface area contributed by atoms with E-state index in [1.54, 1.807) is 30.3 Å². The molecule has 29 heavy (non-hydrogen) atoms. The van der Waals surface area contributed by atoms with Crippen LogP contribution in [0.1, 0.15) is 18.0 Å². The molecule has 2 aliphatic rings. The Bertz CT molecular complexity index is 886. The van der Waals surface area contributed by atoms with E-state index in [1.165, 1.54) is 0 Å². The van der Waals surface area contributed by atoms with Crippen LogP contribution in [-0.4, -0.2) is 66.0 Å². The molecule has 2 saturated heterocycles. The SMILES string of the molecule is NC(CONC(=O)C1CC(F)(F)C2CN1C(=O)N2OS(=O)(=O)O)c1ccccc1. The summed E-state index contributed by atoms with van der Waals surface area (Å²) in [7, 11) is -5.21. The van der Waals surface area contributed by atoms with Crippen LogP contribution in [0.2, 0.25) is 0 Å². The van der Waals surface area contributed by atoms with Crippen molar-refractivity contribution >= 4 is 22.3 Å². The van der Waals surface area contributed by atoms with Gasteiger partial charge < -0.3 is 10.6 Å². The number of halogens is 2. The lowest BCUT2D eigenvalue weighted by molar-refractivity contribution is -0.159. The highest BCUT2D eigenvalue weighted by atomic mass is 32.3. The Morgan fingerprint density at radius 2 is 2.03 bits per heavy atom. The van der Waals surface area contributed by atoms with Gasteiger partial charge in [-0.1, -0.05) is 30.3 Å². The van der Waals surface area contributed by atoms with E-state index in [-0.39, 0.29) is 11.7 Å². The molecule has 0 radical (unpaired) electrons. The van der Waals surface area contributed by atoms with Crippen molar-refractivity contribution in [3.63, 3.8) is 0 Å². The smallest absolute Gasteiger partial charge is 0.322 e. The van der Waals surface area contributed by atoms with E-state index < -0.39 is 59.4 Å². The van der Waals surface area contributed by atoms with Crippen molar-refractivity contribution in [3.05, 3.63) is 35.9 Å². The highest BCUT2D eigenvalue weighted by Gasteiger charge is 2.62. The summed E-state index contributed by atoms with van der Waals surface area (Å²) in [6.45, 7) is -0.837. The summed E-state index contributed by atoms with van der Waals surface area (Å²) in [5.41, 5.74) is 8.61.